The standard InChI is InChI=1S/C21H24N4O3/c1-14-20(23-21(26)22-17-6-4-5-7-19(17)28-3)18(25-24-14)13-10-15-8-11-16(27-2)12-9-15/h4-9,11-12H,10,13H2,1-3H3,(H,24,25)(H2,22,23,26). The summed E-state index contributed by atoms with van der Waals surface area (Å²) in [6, 6.07) is 14.8. The molecule has 0 fully saturated rings. The van der Waals surface area contributed by atoms with Gasteiger partial charge in [-0.25, -0.2) is 4.79 Å². The van der Waals surface area contributed by atoms with Crippen molar-refractivity contribution < 1.29 is 14.3 Å². The van der Waals surface area contributed by atoms with E-state index < -0.39 is 0 Å². The number of benzene rings is 2. The molecule has 0 saturated heterocycles. The maximum atomic E-state index is 12.5. The minimum Gasteiger partial charge on any atom is -0.497 e. The molecule has 0 aliphatic carbocycles. The number of methoxy groups -OCH3 is 2. The van der Waals surface area contributed by atoms with E-state index in [0.717, 1.165) is 23.6 Å². The molecule has 146 valence electrons. The van der Waals surface area contributed by atoms with E-state index in [2.05, 4.69) is 20.8 Å². The number of aryl methyl sites for hydroxylation is 3. The number of H-pyrrole nitrogens is 1. The summed E-state index contributed by atoms with van der Waals surface area (Å²) in [5, 5.41) is 13.0. The quantitative estimate of drug-likeness (QED) is 0.574. The number of carbonyl (C=O) groups excluding carboxylic acids is 1. The SMILES string of the molecule is COc1ccc(CCc2n[nH]c(C)c2NC(=O)Nc2ccccc2OC)cc1. The molecule has 0 aliphatic rings. The normalized spacial score (nSPS) is 10.4. The summed E-state index contributed by atoms with van der Waals surface area (Å²) >= 11 is 0. The number of urea groups is 1. The molecule has 1 aromatic heterocycles. The molecule has 0 bridgehead atoms. The fourth-order valence-electron chi connectivity index (χ4n) is 2.90. The minimum absolute atomic E-state index is 0.348. The second-order valence-electron chi connectivity index (χ2n) is 6.30. The minimum atomic E-state index is -0.348. The predicted octanol–water partition coefficient (Wildman–Crippen LogP) is 4.16. The second kappa shape index (κ2) is 8.94. The molecule has 3 rings (SSSR count). The number of carbonyl (C=O) groups is 1. The van der Waals surface area contributed by atoms with Gasteiger partial charge in [-0.2, -0.15) is 5.10 Å². The molecule has 1 heterocycles. The van der Waals surface area contributed by atoms with Gasteiger partial charge in [0, 0.05) is 0 Å². The molecule has 0 atom stereocenters. The Balaban J connectivity index is 1.65. The zero-order chi connectivity index (χ0) is 19.9. The summed E-state index contributed by atoms with van der Waals surface area (Å²) in [5.41, 5.74) is 4.08. The highest BCUT2D eigenvalue weighted by Crippen LogP contribution is 2.24. The largest absolute Gasteiger partial charge is 0.497 e. The highest BCUT2D eigenvalue weighted by Gasteiger charge is 2.14. The van der Waals surface area contributed by atoms with Gasteiger partial charge in [0.25, 0.3) is 0 Å². The molecule has 3 N–H and O–H groups in total. The summed E-state index contributed by atoms with van der Waals surface area (Å²) in [4.78, 5) is 12.5. The van der Waals surface area contributed by atoms with Gasteiger partial charge in [-0.1, -0.05) is 24.3 Å². The number of nitrogens with one attached hydrogen (secondary N) is 3. The predicted molar refractivity (Wildman–Crippen MR) is 109 cm³/mol. The Morgan fingerprint density at radius 2 is 1.75 bits per heavy atom. The smallest absolute Gasteiger partial charge is 0.323 e. The number of para-hydroxylation sites is 2. The lowest BCUT2D eigenvalue weighted by Crippen LogP contribution is -2.20. The van der Waals surface area contributed by atoms with Gasteiger partial charge in [0.05, 0.1) is 37.0 Å². The van der Waals surface area contributed by atoms with Crippen molar-refractivity contribution in [1.29, 1.82) is 0 Å². The van der Waals surface area contributed by atoms with E-state index in [-0.39, 0.29) is 6.03 Å². The van der Waals surface area contributed by atoms with Gasteiger partial charge in [0.15, 0.2) is 0 Å². The average Bonchev–Trinajstić information content (AvgIpc) is 3.06. The lowest BCUT2D eigenvalue weighted by Gasteiger charge is -2.11. The third-order valence-corrected chi connectivity index (χ3v) is 4.43. The van der Waals surface area contributed by atoms with E-state index in [1.807, 2.05) is 43.3 Å². The van der Waals surface area contributed by atoms with E-state index in [1.165, 1.54) is 5.56 Å². The van der Waals surface area contributed by atoms with Crippen molar-refractivity contribution in [3.8, 4) is 11.5 Å². The molecule has 0 aliphatic heterocycles. The Labute approximate surface area is 164 Å². The summed E-state index contributed by atoms with van der Waals surface area (Å²) < 4.78 is 10.4. The highest BCUT2D eigenvalue weighted by molar-refractivity contribution is 6.01. The number of hydrogen-bond donors (Lipinski definition) is 3. The lowest BCUT2D eigenvalue weighted by molar-refractivity contribution is 0.262. The number of anilines is 2. The zero-order valence-corrected chi connectivity index (χ0v) is 16.2. The molecule has 3 aromatic rings. The fraction of sp³-hybridized carbons (Fsp3) is 0.238. The number of aromatic amines is 1. The van der Waals surface area contributed by atoms with Crippen LogP contribution < -0.4 is 20.1 Å². The van der Waals surface area contributed by atoms with Crippen LogP contribution in [0.3, 0.4) is 0 Å². The van der Waals surface area contributed by atoms with E-state index in [1.54, 1.807) is 26.4 Å². The average molecular weight is 380 g/mol. The summed E-state index contributed by atoms with van der Waals surface area (Å²) in [6.07, 6.45) is 1.50. The number of rotatable bonds is 7. The Hall–Kier alpha value is -3.48. The Bertz CT molecular complexity index is 935. The Morgan fingerprint density at radius 3 is 2.46 bits per heavy atom. The maximum absolute atomic E-state index is 12.5. The number of hydrogen-bond acceptors (Lipinski definition) is 4. The van der Waals surface area contributed by atoms with E-state index in [0.29, 0.717) is 23.5 Å². The first-order valence-corrected chi connectivity index (χ1v) is 8.98. The molecule has 0 saturated carbocycles. The molecule has 2 aromatic carbocycles. The van der Waals surface area contributed by atoms with Crippen LogP contribution in [0.5, 0.6) is 11.5 Å². The van der Waals surface area contributed by atoms with Gasteiger partial charge >= 0.3 is 6.03 Å². The van der Waals surface area contributed by atoms with Gasteiger partial charge in [-0.3, -0.25) is 5.10 Å². The third-order valence-electron chi connectivity index (χ3n) is 4.43. The van der Waals surface area contributed by atoms with Gasteiger partial charge in [0.2, 0.25) is 0 Å². The van der Waals surface area contributed by atoms with Crippen LogP contribution >= 0.6 is 0 Å². The molecule has 0 unspecified atom stereocenters. The Kier molecular flexibility index (Phi) is 6.16. The molecule has 0 spiro atoms. The van der Waals surface area contributed by atoms with E-state index in [9.17, 15) is 4.79 Å². The highest BCUT2D eigenvalue weighted by atomic mass is 16.5. The van der Waals surface area contributed by atoms with Crippen LogP contribution in [0.4, 0.5) is 16.2 Å². The van der Waals surface area contributed by atoms with Crippen LogP contribution in [0.1, 0.15) is 17.0 Å². The van der Waals surface area contributed by atoms with Gasteiger partial charge in [-0.05, 0) is 49.6 Å². The summed E-state index contributed by atoms with van der Waals surface area (Å²) in [5.74, 6) is 1.43. The number of aromatic nitrogens is 2. The van der Waals surface area contributed by atoms with Gasteiger partial charge in [-0.15, -0.1) is 0 Å². The first kappa shape index (κ1) is 19.3. The van der Waals surface area contributed by atoms with Crippen molar-refractivity contribution in [2.24, 2.45) is 0 Å². The van der Waals surface area contributed by atoms with Crippen LogP contribution in [-0.2, 0) is 12.8 Å². The third kappa shape index (κ3) is 4.62. The van der Waals surface area contributed by atoms with Crippen molar-refractivity contribution in [3.63, 3.8) is 0 Å². The van der Waals surface area contributed by atoms with Crippen molar-refractivity contribution in [3.05, 3.63) is 65.5 Å². The first-order chi connectivity index (χ1) is 13.6. The molecule has 2 amide bonds. The van der Waals surface area contributed by atoms with Crippen LogP contribution in [-0.4, -0.2) is 30.4 Å². The number of ether oxygens (including phenoxy) is 2. The zero-order valence-electron chi connectivity index (χ0n) is 16.2. The monoisotopic (exact) mass is 380 g/mol. The first-order valence-electron chi connectivity index (χ1n) is 8.98. The van der Waals surface area contributed by atoms with Crippen molar-refractivity contribution >= 4 is 17.4 Å². The van der Waals surface area contributed by atoms with Crippen LogP contribution in [0.25, 0.3) is 0 Å². The molecule has 28 heavy (non-hydrogen) atoms. The molecule has 0 radical (unpaired) electrons. The molecular weight excluding hydrogens is 356 g/mol. The van der Waals surface area contributed by atoms with E-state index in [4.69, 9.17) is 9.47 Å². The van der Waals surface area contributed by atoms with Gasteiger partial charge in [0.1, 0.15) is 11.5 Å². The molecular formula is C21H24N4O3. The maximum Gasteiger partial charge on any atom is 0.323 e. The van der Waals surface area contributed by atoms with Crippen LogP contribution in [0.2, 0.25) is 0 Å². The molecule has 7 heteroatoms. The Morgan fingerprint density at radius 1 is 1.00 bits per heavy atom. The van der Waals surface area contributed by atoms with Crippen molar-refractivity contribution in [1.82, 2.24) is 10.2 Å². The summed E-state index contributed by atoms with van der Waals surface area (Å²) in [7, 11) is 3.21. The number of nitrogens with zero attached hydrogens (tertiary/aromatic N) is 1. The summed E-state index contributed by atoms with van der Waals surface area (Å²) in [6.45, 7) is 1.88. The van der Waals surface area contributed by atoms with E-state index >= 15 is 0 Å². The fourth-order valence-corrected chi connectivity index (χ4v) is 2.90. The second-order valence-corrected chi connectivity index (χ2v) is 6.30. The molecule has 7 nitrogen and oxygen atoms in total. The lowest BCUT2D eigenvalue weighted by atomic mass is 10.1. The van der Waals surface area contributed by atoms with Crippen LogP contribution in [0, 0.1) is 6.92 Å². The number of amides is 2. The van der Waals surface area contributed by atoms with Crippen molar-refractivity contribution in [2.75, 3.05) is 24.9 Å². The van der Waals surface area contributed by atoms with Crippen molar-refractivity contribution in [2.45, 2.75) is 19.8 Å². The topological polar surface area (TPSA) is 88.3 Å². The van der Waals surface area contributed by atoms with Crippen LogP contribution in [0.15, 0.2) is 48.5 Å². The van der Waals surface area contributed by atoms with Gasteiger partial charge < -0.3 is 20.1 Å².